The number of anilines is 3. The number of nitrogens with two attached hydrogens (primary N) is 1. The first-order chi connectivity index (χ1) is 12.9. The van der Waals surface area contributed by atoms with Crippen LogP contribution in [0, 0.1) is 6.92 Å². The number of nitrogens with zero attached hydrogens (tertiary/aromatic N) is 3. The maximum atomic E-state index is 12.2. The van der Waals surface area contributed by atoms with Gasteiger partial charge in [-0.1, -0.05) is 40.9 Å². The molecule has 3 N–H and O–H groups in total. The average Bonchev–Trinajstić information content (AvgIpc) is 2.61. The predicted octanol–water partition coefficient (Wildman–Crippen LogP) is 4.17. The van der Waals surface area contributed by atoms with Gasteiger partial charge in [-0.15, -0.1) is 0 Å². The number of hydrogen-bond donors (Lipinski definition) is 2. The molecular weight excluding hydrogens is 389 g/mol. The number of aryl methyl sites for hydroxylation is 1. The third-order valence-corrected chi connectivity index (χ3v) is 4.04. The molecule has 0 aliphatic rings. The first-order valence-electron chi connectivity index (χ1n) is 7.87. The largest absolute Gasteiger partial charge is 0.454 e. The van der Waals surface area contributed by atoms with Gasteiger partial charge in [0, 0.05) is 10.7 Å². The Morgan fingerprint density at radius 2 is 1.85 bits per heavy atom. The Morgan fingerprint density at radius 3 is 2.56 bits per heavy atom. The molecule has 0 fully saturated rings. The molecule has 3 aromatic rings. The van der Waals surface area contributed by atoms with Crippen molar-refractivity contribution in [3.63, 3.8) is 0 Å². The number of hydrogen-bond acceptors (Lipinski definition) is 7. The van der Waals surface area contributed by atoms with Gasteiger partial charge < -0.3 is 15.8 Å². The van der Waals surface area contributed by atoms with E-state index in [2.05, 4.69) is 20.3 Å². The molecule has 2 aromatic carbocycles. The molecule has 0 amide bonds. The van der Waals surface area contributed by atoms with Crippen molar-refractivity contribution in [2.45, 2.75) is 13.5 Å². The van der Waals surface area contributed by atoms with E-state index in [0.29, 0.717) is 5.02 Å². The van der Waals surface area contributed by atoms with Gasteiger partial charge in [-0.2, -0.15) is 15.0 Å². The maximum absolute atomic E-state index is 12.2. The molecule has 0 radical (unpaired) electrons. The fourth-order valence-corrected chi connectivity index (χ4v) is 2.67. The van der Waals surface area contributed by atoms with E-state index in [4.69, 9.17) is 33.7 Å². The van der Waals surface area contributed by atoms with Gasteiger partial charge in [0.25, 0.3) is 0 Å². The number of ether oxygens (including phenoxy) is 1. The average molecular weight is 404 g/mol. The Morgan fingerprint density at radius 1 is 1.11 bits per heavy atom. The van der Waals surface area contributed by atoms with Crippen LogP contribution in [-0.2, 0) is 11.3 Å². The van der Waals surface area contributed by atoms with Crippen LogP contribution in [0.2, 0.25) is 10.0 Å². The highest BCUT2D eigenvalue weighted by atomic mass is 35.5. The van der Waals surface area contributed by atoms with E-state index >= 15 is 0 Å². The summed E-state index contributed by atoms with van der Waals surface area (Å²) in [5.41, 5.74) is 7.83. The van der Waals surface area contributed by atoms with E-state index in [9.17, 15) is 4.79 Å². The normalized spacial score (nSPS) is 10.5. The minimum atomic E-state index is -0.622. The van der Waals surface area contributed by atoms with Crippen LogP contribution in [0.15, 0.2) is 42.5 Å². The lowest BCUT2D eigenvalue weighted by Crippen LogP contribution is -2.11. The van der Waals surface area contributed by atoms with Crippen molar-refractivity contribution in [2.75, 3.05) is 11.1 Å². The van der Waals surface area contributed by atoms with Gasteiger partial charge in [-0.3, -0.25) is 0 Å². The molecule has 0 aliphatic heterocycles. The molecule has 0 unspecified atom stereocenters. The molecule has 0 atom stereocenters. The molecule has 0 spiro atoms. The molecule has 1 aromatic heterocycles. The second-order valence-corrected chi connectivity index (χ2v) is 6.47. The Hall–Kier alpha value is -2.90. The van der Waals surface area contributed by atoms with Crippen LogP contribution >= 0.6 is 23.2 Å². The van der Waals surface area contributed by atoms with Crippen LogP contribution in [0.4, 0.5) is 17.6 Å². The zero-order valence-electron chi connectivity index (χ0n) is 14.2. The Kier molecular flexibility index (Phi) is 5.73. The summed E-state index contributed by atoms with van der Waals surface area (Å²) in [6.45, 7) is 1.80. The molecule has 9 heteroatoms. The molecule has 27 heavy (non-hydrogen) atoms. The van der Waals surface area contributed by atoms with Crippen molar-refractivity contribution in [1.29, 1.82) is 0 Å². The topological polar surface area (TPSA) is 103 Å². The minimum Gasteiger partial charge on any atom is -0.454 e. The highest BCUT2D eigenvalue weighted by Crippen LogP contribution is 2.22. The number of esters is 1. The second-order valence-electron chi connectivity index (χ2n) is 5.62. The van der Waals surface area contributed by atoms with Gasteiger partial charge in [0.2, 0.25) is 11.9 Å². The second kappa shape index (κ2) is 8.20. The van der Waals surface area contributed by atoms with Gasteiger partial charge in [-0.25, -0.2) is 4.79 Å². The zero-order chi connectivity index (χ0) is 19.4. The van der Waals surface area contributed by atoms with Crippen molar-refractivity contribution in [3.05, 3.63) is 69.5 Å². The highest BCUT2D eigenvalue weighted by Gasteiger charge is 2.14. The quantitative estimate of drug-likeness (QED) is 0.615. The molecule has 1 heterocycles. The van der Waals surface area contributed by atoms with E-state index in [1.54, 1.807) is 6.07 Å². The fourth-order valence-electron chi connectivity index (χ4n) is 2.19. The SMILES string of the molecule is Cc1ccc(Nc2nc(N)nc(COC(=O)c3ccc(Cl)cc3Cl)n2)cc1. The van der Waals surface area contributed by atoms with Crippen LogP contribution in [-0.4, -0.2) is 20.9 Å². The van der Waals surface area contributed by atoms with Crippen molar-refractivity contribution in [3.8, 4) is 0 Å². The summed E-state index contributed by atoms with van der Waals surface area (Å²) >= 11 is 11.8. The van der Waals surface area contributed by atoms with E-state index in [1.165, 1.54) is 12.1 Å². The number of benzene rings is 2. The van der Waals surface area contributed by atoms with E-state index in [-0.39, 0.29) is 34.9 Å². The van der Waals surface area contributed by atoms with Crippen molar-refractivity contribution in [2.24, 2.45) is 0 Å². The number of nitrogens with one attached hydrogen (secondary N) is 1. The van der Waals surface area contributed by atoms with Crippen molar-refractivity contribution >= 4 is 46.8 Å². The van der Waals surface area contributed by atoms with Crippen molar-refractivity contribution < 1.29 is 9.53 Å². The van der Waals surface area contributed by atoms with Crippen LogP contribution in [0.3, 0.4) is 0 Å². The summed E-state index contributed by atoms with van der Waals surface area (Å²) < 4.78 is 5.21. The third-order valence-electron chi connectivity index (χ3n) is 3.49. The summed E-state index contributed by atoms with van der Waals surface area (Å²) in [5, 5.41) is 3.65. The van der Waals surface area contributed by atoms with Gasteiger partial charge >= 0.3 is 5.97 Å². The predicted molar refractivity (Wildman–Crippen MR) is 104 cm³/mol. The molecule has 138 valence electrons. The Balaban J connectivity index is 1.70. The lowest BCUT2D eigenvalue weighted by atomic mass is 10.2. The van der Waals surface area contributed by atoms with Gasteiger partial charge in [0.1, 0.15) is 0 Å². The molecule has 0 saturated carbocycles. The lowest BCUT2D eigenvalue weighted by Gasteiger charge is -2.09. The number of halogens is 2. The van der Waals surface area contributed by atoms with E-state index in [1.807, 2.05) is 31.2 Å². The van der Waals surface area contributed by atoms with Crippen molar-refractivity contribution in [1.82, 2.24) is 15.0 Å². The minimum absolute atomic E-state index is 0.00943. The standard InChI is InChI=1S/C18H15Cl2N5O2/c1-10-2-5-12(6-3-10)22-18-24-15(23-17(21)25-18)9-27-16(26)13-7-4-11(19)8-14(13)20/h2-8H,9H2,1H3,(H3,21,22,23,24,25). The number of aromatic nitrogens is 3. The van der Waals surface area contributed by atoms with E-state index < -0.39 is 5.97 Å². The summed E-state index contributed by atoms with van der Waals surface area (Å²) in [6, 6.07) is 12.2. The molecular formula is C18H15Cl2N5O2. The lowest BCUT2D eigenvalue weighted by molar-refractivity contribution is 0.0462. The number of carbonyl (C=O) groups is 1. The van der Waals surface area contributed by atoms with Crippen LogP contribution in [0.5, 0.6) is 0 Å². The van der Waals surface area contributed by atoms with Crippen LogP contribution in [0.25, 0.3) is 0 Å². The number of nitrogen functional groups attached to an aromatic ring is 1. The Bertz CT molecular complexity index is 980. The Labute approximate surface area is 165 Å². The number of carbonyl (C=O) groups excluding carboxylic acids is 1. The van der Waals surface area contributed by atoms with Crippen LogP contribution in [0.1, 0.15) is 21.7 Å². The molecule has 0 bridgehead atoms. The first-order valence-corrected chi connectivity index (χ1v) is 8.62. The maximum Gasteiger partial charge on any atom is 0.340 e. The van der Waals surface area contributed by atoms with Gasteiger partial charge in [0.05, 0.1) is 10.6 Å². The molecule has 0 aliphatic carbocycles. The summed E-state index contributed by atoms with van der Waals surface area (Å²) in [7, 11) is 0. The molecule has 3 rings (SSSR count). The highest BCUT2D eigenvalue weighted by molar-refractivity contribution is 6.36. The molecule has 7 nitrogen and oxygen atoms in total. The number of rotatable bonds is 5. The third kappa shape index (κ3) is 5.06. The molecule has 0 saturated heterocycles. The smallest absolute Gasteiger partial charge is 0.340 e. The van der Waals surface area contributed by atoms with Crippen LogP contribution < -0.4 is 11.1 Å². The van der Waals surface area contributed by atoms with Gasteiger partial charge in [0.15, 0.2) is 12.4 Å². The van der Waals surface area contributed by atoms with Gasteiger partial charge in [-0.05, 0) is 37.3 Å². The first kappa shape index (κ1) is 18.9. The monoisotopic (exact) mass is 403 g/mol. The fraction of sp³-hybridized carbons (Fsp3) is 0.111. The summed E-state index contributed by atoms with van der Waals surface area (Å²) in [4.78, 5) is 24.4. The van der Waals surface area contributed by atoms with E-state index in [0.717, 1.165) is 11.3 Å². The summed E-state index contributed by atoms with van der Waals surface area (Å²) in [5.74, 6) is -0.156. The zero-order valence-corrected chi connectivity index (χ0v) is 15.8. The summed E-state index contributed by atoms with van der Waals surface area (Å²) in [6.07, 6.45) is 0.